The number of hydrogen-bond donors (Lipinski definition) is 0. The summed E-state index contributed by atoms with van der Waals surface area (Å²) in [6, 6.07) is 20.2. The van der Waals surface area contributed by atoms with Crippen LogP contribution in [0.3, 0.4) is 0 Å². The van der Waals surface area contributed by atoms with Crippen molar-refractivity contribution in [2.45, 2.75) is 24.9 Å². The molecule has 2 aromatic carbocycles. The maximum absolute atomic E-state index is 6.57. The Balaban J connectivity index is 1.73. The molecule has 0 saturated carbocycles. The van der Waals surface area contributed by atoms with Gasteiger partial charge in [-0.2, -0.15) is 5.10 Å². The fraction of sp³-hybridized carbons (Fsp3) is 0.263. The van der Waals surface area contributed by atoms with Gasteiger partial charge in [-0.25, -0.2) is 9.67 Å². The largest absolute Gasteiger partial charge is 0.341 e. The molecule has 1 aromatic heterocycles. The van der Waals surface area contributed by atoms with E-state index in [4.69, 9.17) is 9.47 Å². The molecule has 5 nitrogen and oxygen atoms in total. The average molecular weight is 321 g/mol. The number of ether oxygens (including phenoxy) is 2. The Morgan fingerprint density at radius 1 is 1.00 bits per heavy atom. The quantitative estimate of drug-likeness (QED) is 0.741. The molecule has 0 bridgehead atoms. The molecule has 0 spiro atoms. The van der Waals surface area contributed by atoms with E-state index in [-0.39, 0.29) is 0 Å². The first-order chi connectivity index (χ1) is 11.7. The third-order valence-corrected chi connectivity index (χ3v) is 4.41. The summed E-state index contributed by atoms with van der Waals surface area (Å²) >= 11 is 0. The van der Waals surface area contributed by atoms with Gasteiger partial charge in [-0.05, 0) is 12.5 Å². The molecule has 24 heavy (non-hydrogen) atoms. The monoisotopic (exact) mass is 321 g/mol. The summed E-state index contributed by atoms with van der Waals surface area (Å²) < 4.78 is 14.6. The van der Waals surface area contributed by atoms with Crippen LogP contribution in [-0.4, -0.2) is 21.4 Å². The van der Waals surface area contributed by atoms with Crippen molar-refractivity contribution in [3.63, 3.8) is 0 Å². The topological polar surface area (TPSA) is 49.2 Å². The van der Waals surface area contributed by atoms with Gasteiger partial charge in [0.25, 0.3) is 0 Å². The van der Waals surface area contributed by atoms with Gasteiger partial charge in [0.05, 0.1) is 6.61 Å². The van der Waals surface area contributed by atoms with Crippen molar-refractivity contribution in [1.29, 1.82) is 0 Å². The predicted molar refractivity (Wildman–Crippen MR) is 89.0 cm³/mol. The highest BCUT2D eigenvalue weighted by Crippen LogP contribution is 2.45. The zero-order valence-electron chi connectivity index (χ0n) is 13.5. The SMILES string of the molecule is CC1(c2ccccc2)COC(Cn2cncn2)(c2ccccc2)O1. The molecule has 0 aliphatic carbocycles. The molecule has 3 aromatic rings. The zero-order chi connectivity index (χ0) is 16.5. The molecular weight excluding hydrogens is 302 g/mol. The van der Waals surface area contributed by atoms with Gasteiger partial charge in [0.2, 0.25) is 5.79 Å². The van der Waals surface area contributed by atoms with Crippen molar-refractivity contribution in [3.05, 3.63) is 84.4 Å². The van der Waals surface area contributed by atoms with Gasteiger partial charge in [-0.3, -0.25) is 0 Å². The highest BCUT2D eigenvalue weighted by atomic mass is 16.8. The third kappa shape index (κ3) is 2.62. The van der Waals surface area contributed by atoms with Crippen molar-refractivity contribution in [1.82, 2.24) is 14.8 Å². The number of nitrogens with zero attached hydrogens (tertiary/aromatic N) is 3. The van der Waals surface area contributed by atoms with Crippen LogP contribution >= 0.6 is 0 Å². The molecule has 2 unspecified atom stereocenters. The van der Waals surface area contributed by atoms with Crippen molar-refractivity contribution >= 4 is 0 Å². The van der Waals surface area contributed by atoms with E-state index >= 15 is 0 Å². The lowest BCUT2D eigenvalue weighted by Crippen LogP contribution is -2.35. The molecule has 1 aliphatic heterocycles. The molecule has 122 valence electrons. The van der Waals surface area contributed by atoms with E-state index < -0.39 is 11.4 Å². The molecule has 0 N–H and O–H groups in total. The van der Waals surface area contributed by atoms with Crippen LogP contribution in [0.1, 0.15) is 18.1 Å². The minimum Gasteiger partial charge on any atom is -0.341 e. The number of aromatic nitrogens is 3. The van der Waals surface area contributed by atoms with Crippen LogP contribution in [0.25, 0.3) is 0 Å². The van der Waals surface area contributed by atoms with Crippen molar-refractivity contribution in [2.24, 2.45) is 0 Å². The molecule has 1 fully saturated rings. The maximum Gasteiger partial charge on any atom is 0.216 e. The van der Waals surface area contributed by atoms with E-state index in [2.05, 4.69) is 29.1 Å². The van der Waals surface area contributed by atoms with Crippen molar-refractivity contribution in [3.8, 4) is 0 Å². The van der Waals surface area contributed by atoms with Crippen LogP contribution in [0, 0.1) is 0 Å². The minimum atomic E-state index is -0.889. The Labute approximate surface area is 140 Å². The maximum atomic E-state index is 6.57. The number of hydrogen-bond acceptors (Lipinski definition) is 4. The first kappa shape index (κ1) is 15.1. The van der Waals surface area contributed by atoms with Crippen LogP contribution in [-0.2, 0) is 27.4 Å². The molecule has 5 heteroatoms. The second-order valence-electron chi connectivity index (χ2n) is 6.20. The highest BCUT2D eigenvalue weighted by molar-refractivity contribution is 5.26. The molecule has 4 rings (SSSR count). The lowest BCUT2D eigenvalue weighted by Gasteiger charge is -2.31. The summed E-state index contributed by atoms with van der Waals surface area (Å²) in [4.78, 5) is 4.02. The Kier molecular flexibility index (Phi) is 3.67. The Hall–Kier alpha value is -2.50. The molecule has 2 atom stereocenters. The molecular formula is C19H19N3O2. The Morgan fingerprint density at radius 2 is 1.67 bits per heavy atom. The fourth-order valence-corrected chi connectivity index (χ4v) is 3.14. The van der Waals surface area contributed by atoms with Crippen molar-refractivity contribution < 1.29 is 9.47 Å². The second kappa shape index (κ2) is 5.85. The standard InChI is InChI=1S/C19H19N3O2/c1-18(16-8-4-2-5-9-16)13-23-19(24-18,12-22-15-20-14-21-22)17-10-6-3-7-11-17/h2-11,14-15H,12-13H2,1H3. The molecule has 1 aliphatic rings. The van der Waals surface area contributed by atoms with Gasteiger partial charge in [-0.15, -0.1) is 0 Å². The smallest absolute Gasteiger partial charge is 0.216 e. The van der Waals surface area contributed by atoms with Crippen LogP contribution in [0.15, 0.2) is 73.3 Å². The highest BCUT2D eigenvalue weighted by Gasteiger charge is 2.50. The van der Waals surface area contributed by atoms with Gasteiger partial charge >= 0.3 is 0 Å². The number of rotatable bonds is 4. The van der Waals surface area contributed by atoms with E-state index in [0.717, 1.165) is 11.1 Å². The Bertz CT molecular complexity index is 792. The fourth-order valence-electron chi connectivity index (χ4n) is 3.14. The van der Waals surface area contributed by atoms with Gasteiger partial charge in [-0.1, -0.05) is 60.7 Å². The minimum absolute atomic E-state index is 0.444. The van der Waals surface area contributed by atoms with E-state index in [1.165, 1.54) is 6.33 Å². The Morgan fingerprint density at radius 3 is 2.29 bits per heavy atom. The summed E-state index contributed by atoms with van der Waals surface area (Å²) in [5.74, 6) is -0.889. The molecule has 2 heterocycles. The van der Waals surface area contributed by atoms with Crippen LogP contribution in [0.2, 0.25) is 0 Å². The molecule has 0 radical (unpaired) electrons. The third-order valence-electron chi connectivity index (χ3n) is 4.41. The zero-order valence-corrected chi connectivity index (χ0v) is 13.5. The van der Waals surface area contributed by atoms with Gasteiger partial charge in [0.1, 0.15) is 24.8 Å². The van der Waals surface area contributed by atoms with Gasteiger partial charge in [0.15, 0.2) is 0 Å². The predicted octanol–water partition coefficient (Wildman–Crippen LogP) is 3.09. The normalized spacial score (nSPS) is 26.5. The van der Waals surface area contributed by atoms with E-state index in [1.54, 1.807) is 11.0 Å². The summed E-state index contributed by atoms with van der Waals surface area (Å²) in [5, 5.41) is 4.22. The summed E-state index contributed by atoms with van der Waals surface area (Å²) in [7, 11) is 0. The van der Waals surface area contributed by atoms with Crippen molar-refractivity contribution in [2.75, 3.05) is 6.61 Å². The van der Waals surface area contributed by atoms with E-state index in [0.29, 0.717) is 13.2 Å². The van der Waals surface area contributed by atoms with E-state index in [1.807, 2.05) is 48.5 Å². The van der Waals surface area contributed by atoms with Crippen LogP contribution in [0.5, 0.6) is 0 Å². The van der Waals surface area contributed by atoms with Crippen LogP contribution in [0.4, 0.5) is 0 Å². The van der Waals surface area contributed by atoms with Gasteiger partial charge < -0.3 is 9.47 Å². The summed E-state index contributed by atoms with van der Waals surface area (Å²) in [6.45, 7) is 2.98. The summed E-state index contributed by atoms with van der Waals surface area (Å²) in [5.41, 5.74) is 1.55. The second-order valence-corrected chi connectivity index (χ2v) is 6.20. The molecule has 0 amide bonds. The van der Waals surface area contributed by atoms with E-state index in [9.17, 15) is 0 Å². The van der Waals surface area contributed by atoms with Crippen LogP contribution < -0.4 is 0 Å². The lowest BCUT2D eigenvalue weighted by atomic mass is 9.97. The lowest BCUT2D eigenvalue weighted by molar-refractivity contribution is -0.206. The summed E-state index contributed by atoms with van der Waals surface area (Å²) in [6.07, 6.45) is 3.19. The average Bonchev–Trinajstić information content (AvgIpc) is 3.26. The molecule has 1 saturated heterocycles. The first-order valence-corrected chi connectivity index (χ1v) is 7.98. The first-order valence-electron chi connectivity index (χ1n) is 7.98. The van der Waals surface area contributed by atoms with Gasteiger partial charge in [0, 0.05) is 5.56 Å². The number of benzene rings is 2.